The molecule has 0 radical (unpaired) electrons. The van der Waals surface area contributed by atoms with Gasteiger partial charge in [0.15, 0.2) is 0 Å². The summed E-state index contributed by atoms with van der Waals surface area (Å²) >= 11 is 3.09. The standard InChI is InChI=1S/C18H16N4OS2/c1-2-8-22-15-6-4-3-5-13(15)20-18(22)21-16(23)14-11-25-17(19-14)12-7-9-24-10-12/h3-7,9-11H,2,8H2,1H3,(H,20,21,23). The van der Waals surface area contributed by atoms with Gasteiger partial charge >= 0.3 is 0 Å². The van der Waals surface area contributed by atoms with Crippen molar-refractivity contribution in [2.24, 2.45) is 0 Å². The van der Waals surface area contributed by atoms with Crippen molar-refractivity contribution in [3.63, 3.8) is 0 Å². The number of aryl methyl sites for hydroxylation is 1. The van der Waals surface area contributed by atoms with Gasteiger partial charge in [-0.1, -0.05) is 19.1 Å². The number of aromatic nitrogens is 3. The topological polar surface area (TPSA) is 59.8 Å². The number of nitrogens with zero attached hydrogens (tertiary/aromatic N) is 3. The molecule has 4 rings (SSSR count). The van der Waals surface area contributed by atoms with Gasteiger partial charge in [-0.05, 0) is 30.0 Å². The van der Waals surface area contributed by atoms with E-state index < -0.39 is 0 Å². The van der Waals surface area contributed by atoms with Crippen molar-refractivity contribution in [3.05, 3.63) is 52.2 Å². The molecule has 1 N–H and O–H groups in total. The molecule has 0 saturated heterocycles. The Bertz CT molecular complexity index is 1020. The van der Waals surface area contributed by atoms with Gasteiger partial charge in [-0.25, -0.2) is 9.97 Å². The highest BCUT2D eigenvalue weighted by Gasteiger charge is 2.16. The fraction of sp³-hybridized carbons (Fsp3) is 0.167. The number of rotatable bonds is 5. The summed E-state index contributed by atoms with van der Waals surface area (Å²) in [6, 6.07) is 9.91. The third kappa shape index (κ3) is 3.08. The average molecular weight is 368 g/mol. The first-order valence-corrected chi connectivity index (χ1v) is 9.83. The number of para-hydroxylation sites is 2. The SMILES string of the molecule is CCCn1c(NC(=O)c2csc(-c3ccsc3)n2)nc2ccccc21. The zero-order valence-electron chi connectivity index (χ0n) is 13.6. The summed E-state index contributed by atoms with van der Waals surface area (Å²) in [6.07, 6.45) is 0.961. The van der Waals surface area contributed by atoms with Gasteiger partial charge in [0.1, 0.15) is 10.7 Å². The smallest absolute Gasteiger partial charge is 0.277 e. The van der Waals surface area contributed by atoms with Crippen molar-refractivity contribution < 1.29 is 4.79 Å². The number of benzene rings is 1. The van der Waals surface area contributed by atoms with E-state index in [1.807, 2.05) is 45.7 Å². The van der Waals surface area contributed by atoms with Crippen LogP contribution in [0, 0.1) is 0 Å². The Hall–Kier alpha value is -2.51. The number of amides is 1. The van der Waals surface area contributed by atoms with E-state index in [1.165, 1.54) is 11.3 Å². The number of anilines is 1. The molecular weight excluding hydrogens is 352 g/mol. The summed E-state index contributed by atoms with van der Waals surface area (Å²) in [7, 11) is 0. The average Bonchev–Trinajstić information content (AvgIpc) is 3.35. The minimum Gasteiger partial charge on any atom is -0.310 e. The summed E-state index contributed by atoms with van der Waals surface area (Å²) < 4.78 is 2.04. The second-order valence-corrected chi connectivity index (χ2v) is 7.22. The normalized spacial score (nSPS) is 11.1. The maximum absolute atomic E-state index is 12.6. The van der Waals surface area contributed by atoms with Gasteiger partial charge in [-0.15, -0.1) is 11.3 Å². The van der Waals surface area contributed by atoms with Crippen LogP contribution >= 0.6 is 22.7 Å². The second kappa shape index (κ2) is 6.78. The highest BCUT2D eigenvalue weighted by atomic mass is 32.1. The quantitative estimate of drug-likeness (QED) is 0.546. The van der Waals surface area contributed by atoms with Crippen LogP contribution in [0.5, 0.6) is 0 Å². The summed E-state index contributed by atoms with van der Waals surface area (Å²) in [5.41, 5.74) is 3.37. The molecule has 0 bridgehead atoms. The Morgan fingerprint density at radius 3 is 2.88 bits per heavy atom. The number of carbonyl (C=O) groups excluding carboxylic acids is 1. The van der Waals surface area contributed by atoms with Crippen LogP contribution in [0.25, 0.3) is 21.6 Å². The first kappa shape index (κ1) is 16.0. The number of fused-ring (bicyclic) bond motifs is 1. The highest BCUT2D eigenvalue weighted by Crippen LogP contribution is 2.26. The number of imidazole rings is 1. The summed E-state index contributed by atoms with van der Waals surface area (Å²) in [4.78, 5) is 21.6. The molecule has 0 unspecified atom stereocenters. The third-order valence-corrected chi connectivity index (χ3v) is 5.41. The van der Waals surface area contributed by atoms with E-state index in [0.29, 0.717) is 11.6 Å². The Labute approximate surface area is 153 Å². The van der Waals surface area contributed by atoms with Crippen LogP contribution in [-0.2, 0) is 6.54 Å². The van der Waals surface area contributed by atoms with E-state index in [0.717, 1.165) is 34.6 Å². The van der Waals surface area contributed by atoms with Crippen LogP contribution in [0.3, 0.4) is 0 Å². The van der Waals surface area contributed by atoms with Crippen LogP contribution in [0.4, 0.5) is 5.95 Å². The predicted molar refractivity (Wildman–Crippen MR) is 103 cm³/mol. The zero-order valence-corrected chi connectivity index (χ0v) is 15.2. The first-order valence-electron chi connectivity index (χ1n) is 8.01. The maximum atomic E-state index is 12.6. The molecule has 0 aliphatic heterocycles. The molecule has 1 aromatic carbocycles. The highest BCUT2D eigenvalue weighted by molar-refractivity contribution is 7.14. The Balaban J connectivity index is 1.62. The predicted octanol–water partition coefficient (Wildman–Crippen LogP) is 4.88. The fourth-order valence-electron chi connectivity index (χ4n) is 2.68. The van der Waals surface area contributed by atoms with Crippen molar-refractivity contribution in [2.45, 2.75) is 19.9 Å². The van der Waals surface area contributed by atoms with E-state index in [9.17, 15) is 4.79 Å². The molecule has 0 atom stereocenters. The first-order chi connectivity index (χ1) is 12.3. The molecular formula is C18H16N4OS2. The second-order valence-electron chi connectivity index (χ2n) is 5.58. The molecule has 0 fully saturated rings. The fourth-order valence-corrected chi connectivity index (χ4v) is 4.20. The Morgan fingerprint density at radius 1 is 1.20 bits per heavy atom. The van der Waals surface area contributed by atoms with E-state index >= 15 is 0 Å². The van der Waals surface area contributed by atoms with Gasteiger partial charge in [0.05, 0.1) is 11.0 Å². The molecule has 0 aliphatic rings. The monoisotopic (exact) mass is 368 g/mol. The molecule has 25 heavy (non-hydrogen) atoms. The van der Waals surface area contributed by atoms with Crippen molar-refractivity contribution in [1.29, 1.82) is 0 Å². The van der Waals surface area contributed by atoms with Crippen molar-refractivity contribution in [1.82, 2.24) is 14.5 Å². The number of thiazole rings is 1. The van der Waals surface area contributed by atoms with Crippen molar-refractivity contribution in [3.8, 4) is 10.6 Å². The zero-order chi connectivity index (χ0) is 17.2. The van der Waals surface area contributed by atoms with E-state index in [4.69, 9.17) is 0 Å². The van der Waals surface area contributed by atoms with Crippen LogP contribution in [-0.4, -0.2) is 20.4 Å². The third-order valence-electron chi connectivity index (χ3n) is 3.83. The number of hydrogen-bond acceptors (Lipinski definition) is 5. The molecule has 126 valence electrons. The molecule has 0 saturated carbocycles. The molecule has 5 nitrogen and oxygen atoms in total. The summed E-state index contributed by atoms with van der Waals surface area (Å²) in [5, 5.41) is 9.59. The molecule has 3 aromatic heterocycles. The Morgan fingerprint density at radius 2 is 2.08 bits per heavy atom. The molecule has 0 aliphatic carbocycles. The number of carbonyl (C=O) groups is 1. The minimum atomic E-state index is -0.231. The molecule has 4 aromatic rings. The molecule has 3 heterocycles. The summed E-state index contributed by atoms with van der Waals surface area (Å²) in [6.45, 7) is 2.90. The van der Waals surface area contributed by atoms with E-state index in [-0.39, 0.29) is 5.91 Å². The molecule has 1 amide bonds. The van der Waals surface area contributed by atoms with Gasteiger partial charge < -0.3 is 4.57 Å². The van der Waals surface area contributed by atoms with Gasteiger partial charge in [0, 0.05) is 22.9 Å². The van der Waals surface area contributed by atoms with Gasteiger partial charge in [-0.3, -0.25) is 10.1 Å². The van der Waals surface area contributed by atoms with Gasteiger partial charge in [0.25, 0.3) is 5.91 Å². The van der Waals surface area contributed by atoms with Crippen LogP contribution in [0.1, 0.15) is 23.8 Å². The molecule has 7 heteroatoms. The lowest BCUT2D eigenvalue weighted by Crippen LogP contribution is -2.16. The van der Waals surface area contributed by atoms with Crippen molar-refractivity contribution >= 4 is 45.6 Å². The van der Waals surface area contributed by atoms with Crippen molar-refractivity contribution in [2.75, 3.05) is 5.32 Å². The Kier molecular flexibility index (Phi) is 4.33. The van der Waals surface area contributed by atoms with Gasteiger partial charge in [0.2, 0.25) is 5.95 Å². The lowest BCUT2D eigenvalue weighted by Gasteiger charge is -2.07. The summed E-state index contributed by atoms with van der Waals surface area (Å²) in [5.74, 6) is 0.337. The maximum Gasteiger partial charge on any atom is 0.277 e. The number of nitrogens with one attached hydrogen (secondary N) is 1. The number of thiophene rings is 1. The van der Waals surface area contributed by atoms with E-state index in [2.05, 4.69) is 22.2 Å². The largest absolute Gasteiger partial charge is 0.310 e. The van der Waals surface area contributed by atoms with Crippen LogP contribution in [0.2, 0.25) is 0 Å². The van der Waals surface area contributed by atoms with Crippen LogP contribution in [0.15, 0.2) is 46.5 Å². The van der Waals surface area contributed by atoms with Crippen LogP contribution < -0.4 is 5.32 Å². The van der Waals surface area contributed by atoms with E-state index in [1.54, 1.807) is 16.7 Å². The molecule has 0 spiro atoms. The lowest BCUT2D eigenvalue weighted by molar-refractivity contribution is 0.102. The van der Waals surface area contributed by atoms with Gasteiger partial charge in [-0.2, -0.15) is 11.3 Å². The minimum absolute atomic E-state index is 0.231. The lowest BCUT2D eigenvalue weighted by atomic mass is 10.3. The number of hydrogen-bond donors (Lipinski definition) is 1.